The standard InChI is InChI=1S/C15H21N3O/c1-3-18-10-13(9-17-18)11-19-15-12(2)5-4-6-14(15)7-8-16/h4-6,9-10H,3,7-8,11,16H2,1-2H3. The molecule has 1 heterocycles. The van der Waals surface area contributed by atoms with Crippen LogP contribution >= 0.6 is 0 Å². The third kappa shape index (κ3) is 3.35. The highest BCUT2D eigenvalue weighted by Gasteiger charge is 2.07. The Hall–Kier alpha value is -1.81. The van der Waals surface area contributed by atoms with E-state index in [0.717, 1.165) is 29.8 Å². The Bertz CT molecular complexity index is 534. The Balaban J connectivity index is 2.09. The molecule has 0 amide bonds. The Morgan fingerprint density at radius 2 is 2.21 bits per heavy atom. The largest absolute Gasteiger partial charge is 0.488 e. The van der Waals surface area contributed by atoms with E-state index in [4.69, 9.17) is 10.5 Å². The molecule has 4 heteroatoms. The van der Waals surface area contributed by atoms with E-state index < -0.39 is 0 Å². The average molecular weight is 259 g/mol. The normalized spacial score (nSPS) is 10.7. The molecule has 0 aliphatic heterocycles. The van der Waals surface area contributed by atoms with Crippen LogP contribution in [-0.4, -0.2) is 16.3 Å². The smallest absolute Gasteiger partial charge is 0.125 e. The number of aryl methyl sites for hydroxylation is 2. The van der Waals surface area contributed by atoms with E-state index in [9.17, 15) is 0 Å². The predicted octanol–water partition coefficient (Wildman–Crippen LogP) is 2.29. The van der Waals surface area contributed by atoms with Crippen molar-refractivity contribution >= 4 is 0 Å². The summed E-state index contributed by atoms with van der Waals surface area (Å²) in [4.78, 5) is 0. The summed E-state index contributed by atoms with van der Waals surface area (Å²) >= 11 is 0. The van der Waals surface area contributed by atoms with Crippen LogP contribution in [0.25, 0.3) is 0 Å². The van der Waals surface area contributed by atoms with Crippen LogP contribution in [0.3, 0.4) is 0 Å². The molecule has 0 fully saturated rings. The molecular weight excluding hydrogens is 238 g/mol. The van der Waals surface area contributed by atoms with Crippen LogP contribution in [-0.2, 0) is 19.6 Å². The van der Waals surface area contributed by atoms with Crippen molar-refractivity contribution in [3.05, 3.63) is 47.3 Å². The molecule has 2 aromatic rings. The van der Waals surface area contributed by atoms with Gasteiger partial charge in [-0.25, -0.2) is 0 Å². The highest BCUT2D eigenvalue weighted by molar-refractivity contribution is 5.41. The van der Waals surface area contributed by atoms with Crippen LogP contribution in [0, 0.1) is 6.92 Å². The molecule has 0 spiro atoms. The number of hydrogen-bond acceptors (Lipinski definition) is 3. The Labute approximate surface area is 114 Å². The lowest BCUT2D eigenvalue weighted by atomic mass is 10.1. The minimum Gasteiger partial charge on any atom is -0.488 e. The summed E-state index contributed by atoms with van der Waals surface area (Å²) in [6.07, 6.45) is 4.70. The second-order valence-electron chi connectivity index (χ2n) is 4.59. The van der Waals surface area contributed by atoms with Crippen molar-refractivity contribution in [2.24, 2.45) is 5.73 Å². The molecule has 102 valence electrons. The first-order valence-corrected chi connectivity index (χ1v) is 6.67. The summed E-state index contributed by atoms with van der Waals surface area (Å²) in [7, 11) is 0. The maximum Gasteiger partial charge on any atom is 0.125 e. The van der Waals surface area contributed by atoms with Gasteiger partial charge in [-0.1, -0.05) is 18.2 Å². The van der Waals surface area contributed by atoms with E-state index in [-0.39, 0.29) is 0 Å². The molecule has 0 saturated carbocycles. The van der Waals surface area contributed by atoms with Crippen molar-refractivity contribution in [1.29, 1.82) is 0 Å². The van der Waals surface area contributed by atoms with Gasteiger partial charge in [0, 0.05) is 18.3 Å². The zero-order valence-corrected chi connectivity index (χ0v) is 11.6. The molecule has 0 aliphatic carbocycles. The van der Waals surface area contributed by atoms with Crippen molar-refractivity contribution in [2.75, 3.05) is 6.54 Å². The van der Waals surface area contributed by atoms with Gasteiger partial charge in [0.2, 0.25) is 0 Å². The van der Waals surface area contributed by atoms with Crippen molar-refractivity contribution in [3.8, 4) is 5.75 Å². The fourth-order valence-electron chi connectivity index (χ4n) is 2.08. The molecular formula is C15H21N3O. The summed E-state index contributed by atoms with van der Waals surface area (Å²) in [5.41, 5.74) is 9.04. The first kappa shape index (κ1) is 13.6. The Kier molecular flexibility index (Phi) is 4.58. The van der Waals surface area contributed by atoms with E-state index in [1.54, 1.807) is 0 Å². The van der Waals surface area contributed by atoms with Crippen LogP contribution in [0.2, 0.25) is 0 Å². The van der Waals surface area contributed by atoms with Gasteiger partial charge in [-0.3, -0.25) is 4.68 Å². The number of rotatable bonds is 6. The van der Waals surface area contributed by atoms with Gasteiger partial charge in [-0.05, 0) is 37.9 Å². The lowest BCUT2D eigenvalue weighted by molar-refractivity contribution is 0.300. The SMILES string of the molecule is CCn1cc(COc2c(C)cccc2CCN)cn1. The van der Waals surface area contributed by atoms with E-state index in [1.165, 1.54) is 5.56 Å². The van der Waals surface area contributed by atoms with Gasteiger partial charge < -0.3 is 10.5 Å². The fraction of sp³-hybridized carbons (Fsp3) is 0.400. The molecule has 0 unspecified atom stereocenters. The molecule has 0 bridgehead atoms. The summed E-state index contributed by atoms with van der Waals surface area (Å²) in [6.45, 7) is 6.18. The Morgan fingerprint density at radius 3 is 2.89 bits per heavy atom. The summed E-state index contributed by atoms with van der Waals surface area (Å²) in [5, 5.41) is 4.24. The molecule has 0 aliphatic rings. The van der Waals surface area contributed by atoms with Crippen LogP contribution in [0.4, 0.5) is 0 Å². The fourth-order valence-corrected chi connectivity index (χ4v) is 2.08. The van der Waals surface area contributed by atoms with Gasteiger partial charge in [0.25, 0.3) is 0 Å². The quantitative estimate of drug-likeness (QED) is 0.866. The first-order chi connectivity index (χ1) is 9.24. The minimum atomic E-state index is 0.544. The van der Waals surface area contributed by atoms with Crippen LogP contribution in [0.1, 0.15) is 23.6 Å². The minimum absolute atomic E-state index is 0.544. The maximum atomic E-state index is 5.96. The van der Waals surface area contributed by atoms with Crippen LogP contribution < -0.4 is 10.5 Å². The van der Waals surface area contributed by atoms with E-state index in [0.29, 0.717) is 13.2 Å². The predicted molar refractivity (Wildman–Crippen MR) is 76.2 cm³/mol. The monoisotopic (exact) mass is 259 g/mol. The van der Waals surface area contributed by atoms with Gasteiger partial charge in [-0.2, -0.15) is 5.10 Å². The third-order valence-corrected chi connectivity index (χ3v) is 3.10. The molecule has 0 atom stereocenters. The van der Waals surface area contributed by atoms with E-state index in [1.807, 2.05) is 23.1 Å². The van der Waals surface area contributed by atoms with Gasteiger partial charge in [-0.15, -0.1) is 0 Å². The molecule has 0 radical (unpaired) electrons. The van der Waals surface area contributed by atoms with Crippen molar-refractivity contribution in [1.82, 2.24) is 9.78 Å². The molecule has 0 saturated heterocycles. The van der Waals surface area contributed by atoms with Gasteiger partial charge in [0.1, 0.15) is 12.4 Å². The number of nitrogens with zero attached hydrogens (tertiary/aromatic N) is 2. The number of benzene rings is 1. The number of para-hydroxylation sites is 1. The van der Waals surface area contributed by atoms with E-state index in [2.05, 4.69) is 31.1 Å². The van der Waals surface area contributed by atoms with Crippen molar-refractivity contribution < 1.29 is 4.74 Å². The lowest BCUT2D eigenvalue weighted by Gasteiger charge is -2.13. The van der Waals surface area contributed by atoms with Gasteiger partial charge >= 0.3 is 0 Å². The molecule has 1 aromatic carbocycles. The summed E-state index contributed by atoms with van der Waals surface area (Å²) in [5.74, 6) is 0.956. The molecule has 2 rings (SSSR count). The number of nitrogens with two attached hydrogens (primary N) is 1. The molecule has 2 N–H and O–H groups in total. The number of aromatic nitrogens is 2. The average Bonchev–Trinajstić information content (AvgIpc) is 2.86. The molecule has 4 nitrogen and oxygen atoms in total. The van der Waals surface area contributed by atoms with Crippen LogP contribution in [0.5, 0.6) is 5.75 Å². The van der Waals surface area contributed by atoms with E-state index >= 15 is 0 Å². The molecule has 19 heavy (non-hydrogen) atoms. The zero-order chi connectivity index (χ0) is 13.7. The summed E-state index contributed by atoms with van der Waals surface area (Å²) < 4.78 is 7.86. The van der Waals surface area contributed by atoms with Crippen LogP contribution in [0.15, 0.2) is 30.6 Å². The highest BCUT2D eigenvalue weighted by Crippen LogP contribution is 2.24. The second-order valence-corrected chi connectivity index (χ2v) is 4.59. The maximum absolute atomic E-state index is 5.96. The second kappa shape index (κ2) is 6.38. The highest BCUT2D eigenvalue weighted by atomic mass is 16.5. The summed E-state index contributed by atoms with van der Waals surface area (Å²) in [6, 6.07) is 6.18. The van der Waals surface area contributed by atoms with Crippen molar-refractivity contribution in [3.63, 3.8) is 0 Å². The Morgan fingerprint density at radius 1 is 1.37 bits per heavy atom. The lowest BCUT2D eigenvalue weighted by Crippen LogP contribution is -2.06. The number of ether oxygens (including phenoxy) is 1. The van der Waals surface area contributed by atoms with Gasteiger partial charge in [0.15, 0.2) is 0 Å². The molecule has 1 aromatic heterocycles. The topological polar surface area (TPSA) is 53.1 Å². The first-order valence-electron chi connectivity index (χ1n) is 6.67. The zero-order valence-electron chi connectivity index (χ0n) is 11.6. The van der Waals surface area contributed by atoms with Crippen molar-refractivity contribution in [2.45, 2.75) is 33.4 Å². The third-order valence-electron chi connectivity index (χ3n) is 3.10. The number of hydrogen-bond donors (Lipinski definition) is 1. The van der Waals surface area contributed by atoms with Gasteiger partial charge in [0.05, 0.1) is 6.20 Å².